The first-order valence-corrected chi connectivity index (χ1v) is 11.6. The Labute approximate surface area is 171 Å². The number of hydrogen-bond acceptors (Lipinski definition) is 3. The van der Waals surface area contributed by atoms with Crippen LogP contribution in [0.15, 0.2) is 89.3 Å². The molecule has 4 nitrogen and oxygen atoms in total. The second kappa shape index (κ2) is 9.08. The molecule has 0 spiro atoms. The van der Waals surface area contributed by atoms with Gasteiger partial charge in [0.05, 0.1) is 10.7 Å². The fourth-order valence-electron chi connectivity index (χ4n) is 3.05. The third kappa shape index (κ3) is 4.46. The number of nitrogens with zero attached hydrogens (tertiary/aromatic N) is 1. The maximum Gasteiger partial charge on any atom is 0.165 e. The van der Waals surface area contributed by atoms with E-state index in [1.165, 1.54) is 5.56 Å². The zero-order valence-electron chi connectivity index (χ0n) is 15.4. The van der Waals surface area contributed by atoms with Crippen LogP contribution >= 0.6 is 11.8 Å². The highest BCUT2D eigenvalue weighted by Gasteiger charge is 2.14. The third-order valence-electron chi connectivity index (χ3n) is 4.41. The average Bonchev–Trinajstić information content (AvgIpc) is 3.42. The van der Waals surface area contributed by atoms with Gasteiger partial charge >= 0.3 is 0 Å². The normalized spacial score (nSPS) is 12.1. The highest BCUT2D eigenvalue weighted by molar-refractivity contribution is 7.99. The molecule has 0 saturated carbocycles. The van der Waals surface area contributed by atoms with Gasteiger partial charge < -0.3 is 9.97 Å². The lowest BCUT2D eigenvalue weighted by molar-refractivity contribution is 1.04. The summed E-state index contributed by atoms with van der Waals surface area (Å²) < 4.78 is 8.66. The lowest BCUT2D eigenvalue weighted by Crippen LogP contribution is -1.98. The molecule has 142 valence electrons. The Balaban J connectivity index is 1.52. The number of rotatable bonds is 8. The summed E-state index contributed by atoms with van der Waals surface area (Å²) in [7, 11) is -0.568. The Morgan fingerprint density at radius 3 is 2.36 bits per heavy atom. The van der Waals surface area contributed by atoms with E-state index in [9.17, 15) is 0 Å². The molecule has 0 aliphatic rings. The lowest BCUT2D eigenvalue weighted by atomic mass is 10.0. The van der Waals surface area contributed by atoms with Crippen molar-refractivity contribution in [2.75, 3.05) is 11.5 Å². The lowest BCUT2D eigenvalue weighted by Gasteiger charge is -2.04. The van der Waals surface area contributed by atoms with Crippen LogP contribution in [0.3, 0.4) is 0 Å². The minimum absolute atomic E-state index is 0.568. The van der Waals surface area contributed by atoms with E-state index in [0.29, 0.717) is 0 Å². The SMILES string of the molecule is N=S(CCCSc1ncc[nH]1)c1cc(-c2ccccc2)c(-c2ccccc2)[nH]1. The van der Waals surface area contributed by atoms with Gasteiger partial charge in [0.1, 0.15) is 0 Å². The molecular weight excluding hydrogens is 384 g/mol. The molecule has 1 unspecified atom stereocenters. The number of thioether (sulfide) groups is 1. The van der Waals surface area contributed by atoms with E-state index >= 15 is 0 Å². The molecule has 3 N–H and O–H groups in total. The van der Waals surface area contributed by atoms with Crippen molar-refractivity contribution in [1.29, 1.82) is 4.78 Å². The van der Waals surface area contributed by atoms with E-state index in [0.717, 1.165) is 44.9 Å². The summed E-state index contributed by atoms with van der Waals surface area (Å²) >= 11 is 1.71. The quantitative estimate of drug-likeness (QED) is 0.248. The summed E-state index contributed by atoms with van der Waals surface area (Å²) in [5, 5.41) is 1.95. The molecule has 0 fully saturated rings. The molecule has 0 aliphatic heterocycles. The van der Waals surface area contributed by atoms with E-state index in [2.05, 4.69) is 69.5 Å². The number of aromatic nitrogens is 3. The van der Waals surface area contributed by atoms with E-state index in [1.54, 1.807) is 18.0 Å². The predicted octanol–water partition coefficient (Wildman–Crippen LogP) is 5.99. The van der Waals surface area contributed by atoms with Gasteiger partial charge in [0.2, 0.25) is 0 Å². The standard InChI is InChI=1S/C22H22N4S2/c23-28(15-7-14-27-22-24-12-13-25-22)20-16-19(17-8-3-1-4-9-17)21(26-20)18-10-5-2-6-11-18/h1-6,8-13,16,23,26H,7,14-15H2,(H,24,25). The summed E-state index contributed by atoms with van der Waals surface area (Å²) in [6.07, 6.45) is 4.59. The topological polar surface area (TPSA) is 68.3 Å². The number of H-pyrrole nitrogens is 2. The van der Waals surface area contributed by atoms with Gasteiger partial charge in [-0.15, -0.1) is 0 Å². The second-order valence-corrected chi connectivity index (χ2v) is 9.06. The minimum Gasteiger partial charge on any atom is -0.348 e. The van der Waals surface area contributed by atoms with Crippen LogP contribution in [0.1, 0.15) is 6.42 Å². The molecule has 2 aromatic heterocycles. The van der Waals surface area contributed by atoms with Crippen LogP contribution in [-0.2, 0) is 10.7 Å². The van der Waals surface area contributed by atoms with Gasteiger partial charge in [0, 0.05) is 29.5 Å². The van der Waals surface area contributed by atoms with Crippen LogP contribution in [0, 0.1) is 4.78 Å². The monoisotopic (exact) mass is 406 g/mol. The van der Waals surface area contributed by atoms with Crippen molar-refractivity contribution in [1.82, 2.24) is 15.0 Å². The van der Waals surface area contributed by atoms with E-state index in [4.69, 9.17) is 4.78 Å². The Bertz CT molecular complexity index is 968. The molecule has 28 heavy (non-hydrogen) atoms. The fourth-order valence-corrected chi connectivity index (χ4v) is 5.14. The number of nitrogens with one attached hydrogen (secondary N) is 3. The molecule has 2 aromatic carbocycles. The highest BCUT2D eigenvalue weighted by atomic mass is 32.2. The second-order valence-electron chi connectivity index (χ2n) is 6.35. The molecule has 0 bridgehead atoms. The molecule has 1 atom stereocenters. The number of benzene rings is 2. The molecule has 0 aliphatic carbocycles. The maximum atomic E-state index is 8.66. The Morgan fingerprint density at radius 2 is 1.68 bits per heavy atom. The van der Waals surface area contributed by atoms with Crippen LogP contribution < -0.4 is 0 Å². The maximum absolute atomic E-state index is 8.66. The van der Waals surface area contributed by atoms with Gasteiger partial charge in [-0.25, -0.2) is 4.98 Å². The Morgan fingerprint density at radius 1 is 0.964 bits per heavy atom. The smallest absolute Gasteiger partial charge is 0.165 e. The van der Waals surface area contributed by atoms with Gasteiger partial charge in [-0.1, -0.05) is 83.1 Å². The van der Waals surface area contributed by atoms with Gasteiger partial charge in [0.15, 0.2) is 5.16 Å². The van der Waals surface area contributed by atoms with E-state index in [1.807, 2.05) is 18.3 Å². The fraction of sp³-hybridized carbons (Fsp3) is 0.136. The van der Waals surface area contributed by atoms with Crippen LogP contribution in [0.5, 0.6) is 0 Å². The largest absolute Gasteiger partial charge is 0.348 e. The van der Waals surface area contributed by atoms with Crippen molar-refractivity contribution in [2.24, 2.45) is 0 Å². The number of hydrogen-bond donors (Lipinski definition) is 3. The Hall–Kier alpha value is -2.57. The summed E-state index contributed by atoms with van der Waals surface area (Å²) in [4.78, 5) is 10.9. The van der Waals surface area contributed by atoms with Gasteiger partial charge in [-0.3, -0.25) is 4.78 Å². The van der Waals surface area contributed by atoms with E-state index < -0.39 is 10.7 Å². The van der Waals surface area contributed by atoms with Crippen LogP contribution in [0.4, 0.5) is 0 Å². The molecule has 0 amide bonds. The zero-order valence-corrected chi connectivity index (χ0v) is 17.0. The first kappa shape index (κ1) is 18.8. The van der Waals surface area contributed by atoms with Crippen LogP contribution in [0.25, 0.3) is 22.4 Å². The highest BCUT2D eigenvalue weighted by Crippen LogP contribution is 2.33. The summed E-state index contributed by atoms with van der Waals surface area (Å²) in [5.41, 5.74) is 4.58. The summed E-state index contributed by atoms with van der Waals surface area (Å²) in [6.45, 7) is 0. The summed E-state index contributed by atoms with van der Waals surface area (Å²) in [6, 6.07) is 22.9. The summed E-state index contributed by atoms with van der Waals surface area (Å²) in [5.74, 6) is 1.81. The predicted molar refractivity (Wildman–Crippen MR) is 119 cm³/mol. The average molecular weight is 407 g/mol. The molecule has 2 heterocycles. The molecular formula is C22H22N4S2. The van der Waals surface area contributed by atoms with Crippen LogP contribution in [-0.4, -0.2) is 26.5 Å². The molecule has 4 rings (SSSR count). The van der Waals surface area contributed by atoms with Crippen molar-refractivity contribution in [3.05, 3.63) is 79.1 Å². The molecule has 4 aromatic rings. The molecule has 0 saturated heterocycles. The van der Waals surface area contributed by atoms with E-state index in [-0.39, 0.29) is 0 Å². The number of imidazole rings is 1. The molecule has 6 heteroatoms. The first-order chi connectivity index (χ1) is 13.8. The van der Waals surface area contributed by atoms with Gasteiger partial charge in [0.25, 0.3) is 0 Å². The van der Waals surface area contributed by atoms with Crippen molar-refractivity contribution >= 4 is 22.5 Å². The minimum atomic E-state index is -0.568. The van der Waals surface area contributed by atoms with Crippen molar-refractivity contribution in [2.45, 2.75) is 16.6 Å². The Kier molecular flexibility index (Phi) is 6.09. The number of aromatic amines is 2. The first-order valence-electron chi connectivity index (χ1n) is 9.19. The van der Waals surface area contributed by atoms with Crippen molar-refractivity contribution in [3.63, 3.8) is 0 Å². The van der Waals surface area contributed by atoms with Gasteiger partial charge in [-0.2, -0.15) is 0 Å². The van der Waals surface area contributed by atoms with Crippen LogP contribution in [0.2, 0.25) is 0 Å². The van der Waals surface area contributed by atoms with Crippen molar-refractivity contribution < 1.29 is 0 Å². The van der Waals surface area contributed by atoms with Crippen molar-refractivity contribution in [3.8, 4) is 22.4 Å². The van der Waals surface area contributed by atoms with Gasteiger partial charge in [-0.05, 0) is 23.6 Å². The molecule has 0 radical (unpaired) electrons. The third-order valence-corrected chi connectivity index (χ3v) is 6.85. The zero-order chi connectivity index (χ0) is 19.2.